The van der Waals surface area contributed by atoms with Crippen LogP contribution in [0.5, 0.6) is 0 Å². The number of ketones is 1. The van der Waals surface area contributed by atoms with Gasteiger partial charge in [0.15, 0.2) is 0 Å². The lowest BCUT2D eigenvalue weighted by molar-refractivity contribution is -0.144. The first kappa shape index (κ1) is 18.1. The number of carbonyl (C=O) groups excluding carboxylic acids is 1. The van der Waals surface area contributed by atoms with Crippen LogP contribution in [0.1, 0.15) is 32.3 Å². The molecule has 2 atom stereocenters. The predicted molar refractivity (Wildman–Crippen MR) is 86.3 cm³/mol. The molecule has 1 aromatic carbocycles. The Bertz CT molecular complexity index is 505. The third-order valence-electron chi connectivity index (χ3n) is 3.47. The number of allylic oxidation sites excluding steroid dienone is 1. The van der Waals surface area contributed by atoms with E-state index in [2.05, 4.69) is 0 Å². The maximum Gasteiger partial charge on any atom is 0.309 e. The fourth-order valence-corrected chi connectivity index (χ4v) is 2.34. The SMILES string of the molecule is CC(C)CC(=O)CC(/C=C/c1ccccc1)C(CO)C(=O)O. The summed E-state index contributed by atoms with van der Waals surface area (Å²) in [5.41, 5.74) is 0.936. The summed E-state index contributed by atoms with van der Waals surface area (Å²) in [6.07, 6.45) is 4.09. The van der Waals surface area contributed by atoms with E-state index in [1.165, 1.54) is 0 Å². The molecular formula is C18H24O4. The van der Waals surface area contributed by atoms with E-state index in [-0.39, 0.29) is 18.1 Å². The molecule has 0 spiro atoms. The molecule has 22 heavy (non-hydrogen) atoms. The van der Waals surface area contributed by atoms with E-state index in [4.69, 9.17) is 0 Å². The molecule has 2 N–H and O–H groups in total. The highest BCUT2D eigenvalue weighted by Gasteiger charge is 2.27. The van der Waals surface area contributed by atoms with E-state index < -0.39 is 24.4 Å². The molecular weight excluding hydrogens is 280 g/mol. The molecule has 0 aliphatic rings. The first-order valence-corrected chi connectivity index (χ1v) is 7.52. The maximum atomic E-state index is 12.0. The van der Waals surface area contributed by atoms with Gasteiger partial charge >= 0.3 is 5.97 Å². The monoisotopic (exact) mass is 304 g/mol. The van der Waals surface area contributed by atoms with E-state index in [1.54, 1.807) is 12.2 Å². The van der Waals surface area contributed by atoms with Crippen molar-refractivity contribution in [3.8, 4) is 0 Å². The summed E-state index contributed by atoms with van der Waals surface area (Å²) in [5, 5.41) is 18.6. The standard InChI is InChI=1S/C18H24O4/c1-13(2)10-16(20)11-15(17(12-19)18(21)22)9-8-14-6-4-3-5-7-14/h3-9,13,15,17,19H,10-12H2,1-2H3,(H,21,22)/b9-8+. The molecule has 0 aliphatic carbocycles. The van der Waals surface area contributed by atoms with Crippen molar-refractivity contribution in [1.82, 2.24) is 0 Å². The van der Waals surface area contributed by atoms with Crippen molar-refractivity contribution < 1.29 is 19.8 Å². The summed E-state index contributed by atoms with van der Waals surface area (Å²) < 4.78 is 0. The van der Waals surface area contributed by atoms with Crippen molar-refractivity contribution in [2.24, 2.45) is 17.8 Å². The Hall–Kier alpha value is -1.94. The first-order valence-electron chi connectivity index (χ1n) is 7.52. The number of hydrogen-bond acceptors (Lipinski definition) is 3. The molecule has 0 amide bonds. The molecule has 0 fully saturated rings. The molecule has 0 saturated heterocycles. The van der Waals surface area contributed by atoms with Crippen molar-refractivity contribution >= 4 is 17.8 Å². The van der Waals surface area contributed by atoms with E-state index in [0.717, 1.165) is 5.56 Å². The normalized spacial score (nSPS) is 14.2. The summed E-state index contributed by atoms with van der Waals surface area (Å²) in [7, 11) is 0. The zero-order valence-corrected chi connectivity index (χ0v) is 13.1. The number of carbonyl (C=O) groups is 2. The minimum atomic E-state index is -1.08. The van der Waals surface area contributed by atoms with E-state index in [9.17, 15) is 19.8 Å². The second kappa shape index (κ2) is 9.15. The van der Waals surface area contributed by atoms with Gasteiger partial charge in [-0.2, -0.15) is 0 Å². The van der Waals surface area contributed by atoms with Gasteiger partial charge in [-0.05, 0) is 17.4 Å². The third-order valence-corrected chi connectivity index (χ3v) is 3.47. The van der Waals surface area contributed by atoms with Gasteiger partial charge in [-0.25, -0.2) is 0 Å². The van der Waals surface area contributed by atoms with Crippen LogP contribution in [0.25, 0.3) is 6.08 Å². The molecule has 4 nitrogen and oxygen atoms in total. The van der Waals surface area contributed by atoms with Gasteiger partial charge in [-0.3, -0.25) is 9.59 Å². The number of aliphatic hydroxyl groups is 1. The Morgan fingerprint density at radius 3 is 2.27 bits per heavy atom. The molecule has 0 aromatic heterocycles. The van der Waals surface area contributed by atoms with Gasteiger partial charge in [0.2, 0.25) is 0 Å². The van der Waals surface area contributed by atoms with E-state index in [1.807, 2.05) is 44.2 Å². The van der Waals surface area contributed by atoms with Gasteiger partial charge < -0.3 is 10.2 Å². The van der Waals surface area contributed by atoms with Crippen LogP contribution in [0.3, 0.4) is 0 Å². The highest BCUT2D eigenvalue weighted by molar-refractivity contribution is 5.80. The zero-order valence-electron chi connectivity index (χ0n) is 13.1. The predicted octanol–water partition coefficient (Wildman–Crippen LogP) is 3.01. The van der Waals surface area contributed by atoms with Crippen LogP contribution >= 0.6 is 0 Å². The maximum absolute atomic E-state index is 12.0. The van der Waals surface area contributed by atoms with Gasteiger partial charge in [-0.1, -0.05) is 56.3 Å². The van der Waals surface area contributed by atoms with Crippen LogP contribution in [-0.2, 0) is 9.59 Å². The molecule has 2 unspecified atom stereocenters. The highest BCUT2D eigenvalue weighted by atomic mass is 16.4. The smallest absolute Gasteiger partial charge is 0.309 e. The Morgan fingerprint density at radius 2 is 1.77 bits per heavy atom. The lowest BCUT2D eigenvalue weighted by Gasteiger charge is -2.19. The van der Waals surface area contributed by atoms with Crippen LogP contribution < -0.4 is 0 Å². The third kappa shape index (κ3) is 6.22. The van der Waals surface area contributed by atoms with E-state index >= 15 is 0 Å². The average Bonchev–Trinajstić information content (AvgIpc) is 2.45. The first-order chi connectivity index (χ1) is 10.4. The second-order valence-electron chi connectivity index (χ2n) is 5.90. The number of aliphatic carboxylic acids is 1. The minimum absolute atomic E-state index is 0.0254. The van der Waals surface area contributed by atoms with Crippen molar-refractivity contribution in [1.29, 1.82) is 0 Å². The summed E-state index contributed by atoms with van der Waals surface area (Å²) in [6.45, 7) is 3.43. The average molecular weight is 304 g/mol. The molecule has 120 valence electrons. The summed E-state index contributed by atoms with van der Waals surface area (Å²) in [5.74, 6) is -2.28. The highest BCUT2D eigenvalue weighted by Crippen LogP contribution is 2.22. The summed E-state index contributed by atoms with van der Waals surface area (Å²) >= 11 is 0. The molecule has 4 heteroatoms. The molecule has 0 saturated carbocycles. The van der Waals surface area contributed by atoms with Crippen LogP contribution in [0.2, 0.25) is 0 Å². The van der Waals surface area contributed by atoms with Crippen molar-refractivity contribution in [2.45, 2.75) is 26.7 Å². The molecule has 1 aromatic rings. The Balaban J connectivity index is 2.88. The summed E-state index contributed by atoms with van der Waals surface area (Å²) in [6, 6.07) is 9.48. The van der Waals surface area contributed by atoms with Crippen LogP contribution in [0.15, 0.2) is 36.4 Å². The lowest BCUT2D eigenvalue weighted by atomic mass is 9.86. The fraction of sp³-hybridized carbons (Fsp3) is 0.444. The second-order valence-corrected chi connectivity index (χ2v) is 5.90. The van der Waals surface area contributed by atoms with Crippen molar-refractivity contribution in [2.75, 3.05) is 6.61 Å². The number of carboxylic acids is 1. The van der Waals surface area contributed by atoms with Gasteiger partial charge in [0.25, 0.3) is 0 Å². The Morgan fingerprint density at radius 1 is 1.14 bits per heavy atom. The number of Topliss-reactive ketones (excluding diaryl/α,β-unsaturated/α-hetero) is 1. The van der Waals surface area contributed by atoms with Gasteiger partial charge in [0, 0.05) is 12.8 Å². The Labute approximate surface area is 131 Å². The molecule has 0 radical (unpaired) electrons. The fourth-order valence-electron chi connectivity index (χ4n) is 2.34. The van der Waals surface area contributed by atoms with Crippen LogP contribution in [-0.4, -0.2) is 28.6 Å². The number of aliphatic hydroxyl groups excluding tert-OH is 1. The minimum Gasteiger partial charge on any atom is -0.481 e. The largest absolute Gasteiger partial charge is 0.481 e. The van der Waals surface area contributed by atoms with Crippen LogP contribution in [0.4, 0.5) is 0 Å². The number of rotatable bonds is 9. The summed E-state index contributed by atoms with van der Waals surface area (Å²) in [4.78, 5) is 23.3. The van der Waals surface area contributed by atoms with Crippen molar-refractivity contribution in [3.63, 3.8) is 0 Å². The topological polar surface area (TPSA) is 74.6 Å². The molecule has 0 aliphatic heterocycles. The lowest BCUT2D eigenvalue weighted by Crippen LogP contribution is -2.28. The quantitative estimate of drug-likeness (QED) is 0.735. The zero-order chi connectivity index (χ0) is 16.5. The van der Waals surface area contributed by atoms with Gasteiger partial charge in [0.05, 0.1) is 12.5 Å². The Kier molecular flexibility index (Phi) is 7.54. The van der Waals surface area contributed by atoms with E-state index in [0.29, 0.717) is 6.42 Å². The van der Waals surface area contributed by atoms with Crippen LogP contribution in [0, 0.1) is 17.8 Å². The molecule has 0 bridgehead atoms. The number of benzene rings is 1. The van der Waals surface area contributed by atoms with Gasteiger partial charge in [0.1, 0.15) is 5.78 Å². The van der Waals surface area contributed by atoms with Crippen molar-refractivity contribution in [3.05, 3.63) is 42.0 Å². The number of hydrogen-bond donors (Lipinski definition) is 2. The number of carboxylic acid groups (broad SMARTS) is 1. The molecule has 1 rings (SSSR count). The molecule has 0 heterocycles. The van der Waals surface area contributed by atoms with Gasteiger partial charge in [-0.15, -0.1) is 0 Å².